The minimum Gasteiger partial charge on any atom is -0.383 e. The molecule has 0 aliphatic carbocycles. The summed E-state index contributed by atoms with van der Waals surface area (Å²) in [7, 11) is 1.63. The molecule has 3 aromatic heterocycles. The zero-order chi connectivity index (χ0) is 20.9. The summed E-state index contributed by atoms with van der Waals surface area (Å²) >= 11 is 0. The van der Waals surface area contributed by atoms with E-state index in [1.54, 1.807) is 30.3 Å². The van der Waals surface area contributed by atoms with Gasteiger partial charge in [0.15, 0.2) is 5.65 Å². The molecule has 0 saturated carbocycles. The molecule has 10 nitrogen and oxygen atoms in total. The van der Waals surface area contributed by atoms with Crippen molar-refractivity contribution in [3.63, 3.8) is 0 Å². The fourth-order valence-electron chi connectivity index (χ4n) is 3.21. The molecular weight excluding hydrogens is 386 g/mol. The quantitative estimate of drug-likeness (QED) is 0.217. The number of ketones is 1. The second kappa shape index (κ2) is 8.70. The third-order valence-corrected chi connectivity index (χ3v) is 4.68. The molecule has 0 aliphatic rings. The maximum Gasteiger partial charge on any atom is 0.292 e. The SMILES string of the molecule is COCCNc1ncnc2c1cnn2CCNC(=O)C(=O)c1c[nH]c2ccccc12. The highest BCUT2D eigenvalue weighted by Gasteiger charge is 2.19. The van der Waals surface area contributed by atoms with Gasteiger partial charge in [-0.15, -0.1) is 0 Å². The van der Waals surface area contributed by atoms with Crippen molar-refractivity contribution in [2.75, 3.05) is 32.1 Å². The summed E-state index contributed by atoms with van der Waals surface area (Å²) in [5, 5.41) is 11.6. The first-order valence-electron chi connectivity index (χ1n) is 9.47. The van der Waals surface area contributed by atoms with Crippen LogP contribution < -0.4 is 10.6 Å². The van der Waals surface area contributed by atoms with Gasteiger partial charge in [-0.2, -0.15) is 5.10 Å². The number of para-hydroxylation sites is 1. The Morgan fingerprint density at radius 3 is 2.90 bits per heavy atom. The number of aromatic amines is 1. The summed E-state index contributed by atoms with van der Waals surface area (Å²) in [5.74, 6) is -0.570. The van der Waals surface area contributed by atoms with Crippen molar-refractivity contribution >= 4 is 39.4 Å². The molecule has 3 heterocycles. The molecule has 10 heteroatoms. The van der Waals surface area contributed by atoms with Crippen molar-refractivity contribution in [1.29, 1.82) is 0 Å². The predicted molar refractivity (Wildman–Crippen MR) is 111 cm³/mol. The van der Waals surface area contributed by atoms with Crippen LogP contribution in [0.25, 0.3) is 21.9 Å². The number of benzene rings is 1. The lowest BCUT2D eigenvalue weighted by Crippen LogP contribution is -2.33. The smallest absolute Gasteiger partial charge is 0.292 e. The van der Waals surface area contributed by atoms with E-state index < -0.39 is 11.7 Å². The van der Waals surface area contributed by atoms with Crippen molar-refractivity contribution in [3.05, 3.63) is 48.5 Å². The summed E-state index contributed by atoms with van der Waals surface area (Å²) < 4.78 is 6.69. The Kier molecular flexibility index (Phi) is 5.66. The van der Waals surface area contributed by atoms with Crippen LogP contribution in [0.1, 0.15) is 10.4 Å². The average molecular weight is 407 g/mol. The van der Waals surface area contributed by atoms with Crippen LogP contribution in [0.2, 0.25) is 0 Å². The highest BCUT2D eigenvalue weighted by molar-refractivity contribution is 6.44. The topological polar surface area (TPSA) is 127 Å². The van der Waals surface area contributed by atoms with Gasteiger partial charge in [-0.1, -0.05) is 18.2 Å². The van der Waals surface area contributed by atoms with Gasteiger partial charge in [-0.3, -0.25) is 9.59 Å². The standard InChI is InChI=1S/C20H21N7O3/c1-30-9-7-21-18-15-11-26-27(19(15)25-12-24-18)8-6-22-20(29)17(28)14-10-23-16-5-3-2-4-13(14)16/h2-5,10-12,23H,6-9H2,1H3,(H,22,29)(H,21,24,25). The number of methoxy groups -OCH3 is 1. The van der Waals surface area contributed by atoms with Crippen molar-refractivity contribution in [2.24, 2.45) is 0 Å². The van der Waals surface area contributed by atoms with Crippen LogP contribution in [-0.4, -0.2) is 63.2 Å². The predicted octanol–water partition coefficient (Wildman–Crippen LogP) is 1.36. The van der Waals surface area contributed by atoms with E-state index in [2.05, 4.69) is 30.7 Å². The largest absolute Gasteiger partial charge is 0.383 e. The Hall–Kier alpha value is -3.79. The van der Waals surface area contributed by atoms with Crippen LogP contribution >= 0.6 is 0 Å². The van der Waals surface area contributed by atoms with Gasteiger partial charge in [0.05, 0.1) is 30.3 Å². The zero-order valence-corrected chi connectivity index (χ0v) is 16.4. The molecule has 0 saturated heterocycles. The second-order valence-corrected chi connectivity index (χ2v) is 6.58. The Balaban J connectivity index is 1.39. The highest BCUT2D eigenvalue weighted by Crippen LogP contribution is 2.19. The molecule has 3 N–H and O–H groups in total. The summed E-state index contributed by atoms with van der Waals surface area (Å²) in [4.78, 5) is 36.3. The van der Waals surface area contributed by atoms with E-state index in [0.717, 1.165) is 16.3 Å². The Bertz CT molecular complexity index is 1200. The van der Waals surface area contributed by atoms with Crippen LogP contribution in [0, 0.1) is 0 Å². The number of nitrogens with zero attached hydrogens (tertiary/aromatic N) is 4. The first-order chi connectivity index (χ1) is 14.7. The highest BCUT2D eigenvalue weighted by atomic mass is 16.5. The minimum atomic E-state index is -0.659. The Labute approximate surface area is 171 Å². The average Bonchev–Trinajstić information content (AvgIpc) is 3.38. The number of carbonyl (C=O) groups excluding carboxylic acids is 2. The Morgan fingerprint density at radius 1 is 1.17 bits per heavy atom. The lowest BCUT2D eigenvalue weighted by Gasteiger charge is -2.07. The number of amides is 1. The second-order valence-electron chi connectivity index (χ2n) is 6.58. The number of H-pyrrole nitrogens is 1. The van der Waals surface area contributed by atoms with Crippen molar-refractivity contribution in [3.8, 4) is 0 Å². The number of fused-ring (bicyclic) bond motifs is 2. The van der Waals surface area contributed by atoms with Crippen LogP contribution in [0.15, 0.2) is 43.0 Å². The molecule has 0 fully saturated rings. The molecule has 154 valence electrons. The summed E-state index contributed by atoms with van der Waals surface area (Å²) in [6.07, 6.45) is 4.68. The molecule has 4 aromatic rings. The van der Waals surface area contributed by atoms with Gasteiger partial charge in [0.25, 0.3) is 11.7 Å². The van der Waals surface area contributed by atoms with Gasteiger partial charge in [0.2, 0.25) is 0 Å². The molecule has 0 radical (unpaired) electrons. The fraction of sp³-hybridized carbons (Fsp3) is 0.250. The third kappa shape index (κ3) is 3.85. The fourth-order valence-corrected chi connectivity index (χ4v) is 3.21. The van der Waals surface area contributed by atoms with E-state index >= 15 is 0 Å². The number of nitrogens with one attached hydrogen (secondary N) is 3. The van der Waals surface area contributed by atoms with Gasteiger partial charge < -0.3 is 20.4 Å². The molecule has 0 aliphatic heterocycles. The number of carbonyl (C=O) groups is 2. The lowest BCUT2D eigenvalue weighted by molar-refractivity contribution is -0.117. The molecule has 30 heavy (non-hydrogen) atoms. The van der Waals surface area contributed by atoms with Gasteiger partial charge in [-0.05, 0) is 6.07 Å². The van der Waals surface area contributed by atoms with E-state index in [1.165, 1.54) is 6.33 Å². The Morgan fingerprint density at radius 2 is 2.03 bits per heavy atom. The molecule has 4 rings (SSSR count). The zero-order valence-electron chi connectivity index (χ0n) is 16.4. The number of hydrogen-bond acceptors (Lipinski definition) is 7. The van der Waals surface area contributed by atoms with E-state index in [9.17, 15) is 9.59 Å². The molecule has 0 bridgehead atoms. The number of hydrogen-bond donors (Lipinski definition) is 3. The maximum atomic E-state index is 12.5. The molecule has 0 atom stereocenters. The van der Waals surface area contributed by atoms with Crippen LogP contribution in [0.3, 0.4) is 0 Å². The molecule has 0 unspecified atom stereocenters. The van der Waals surface area contributed by atoms with Crippen molar-refractivity contribution in [2.45, 2.75) is 6.54 Å². The van der Waals surface area contributed by atoms with Crippen LogP contribution in [-0.2, 0) is 16.1 Å². The van der Waals surface area contributed by atoms with E-state index in [0.29, 0.717) is 36.7 Å². The number of anilines is 1. The van der Waals surface area contributed by atoms with Gasteiger partial charge >= 0.3 is 0 Å². The normalized spacial score (nSPS) is 11.1. The number of rotatable bonds is 9. The summed E-state index contributed by atoms with van der Waals surface area (Å²) in [5.41, 5.74) is 1.81. The molecule has 1 aromatic carbocycles. The first kappa shape index (κ1) is 19.5. The number of ether oxygens (including phenoxy) is 1. The van der Waals surface area contributed by atoms with Gasteiger partial charge in [-0.25, -0.2) is 14.6 Å². The van der Waals surface area contributed by atoms with Crippen molar-refractivity contribution < 1.29 is 14.3 Å². The first-order valence-corrected chi connectivity index (χ1v) is 9.47. The van der Waals surface area contributed by atoms with E-state index in [-0.39, 0.29) is 6.54 Å². The van der Waals surface area contributed by atoms with Crippen LogP contribution in [0.4, 0.5) is 5.82 Å². The van der Waals surface area contributed by atoms with E-state index in [1.807, 2.05) is 18.2 Å². The lowest BCUT2D eigenvalue weighted by atomic mass is 10.1. The molecule has 1 amide bonds. The van der Waals surface area contributed by atoms with E-state index in [4.69, 9.17) is 4.74 Å². The number of Topliss-reactive ketones (excluding diaryl/α,β-unsaturated/α-hetero) is 1. The minimum absolute atomic E-state index is 0.236. The maximum absolute atomic E-state index is 12.5. The summed E-state index contributed by atoms with van der Waals surface area (Å²) in [6, 6.07) is 7.35. The molecular formula is C20H21N7O3. The molecule has 0 spiro atoms. The van der Waals surface area contributed by atoms with Crippen LogP contribution in [0.5, 0.6) is 0 Å². The van der Waals surface area contributed by atoms with Crippen molar-refractivity contribution in [1.82, 2.24) is 30.0 Å². The number of aromatic nitrogens is 5. The third-order valence-electron chi connectivity index (χ3n) is 4.68. The van der Waals surface area contributed by atoms with Gasteiger partial charge in [0.1, 0.15) is 12.1 Å². The van der Waals surface area contributed by atoms with Gasteiger partial charge in [0, 0.05) is 37.3 Å². The summed E-state index contributed by atoms with van der Waals surface area (Å²) in [6.45, 7) is 1.76. The monoisotopic (exact) mass is 407 g/mol.